The minimum absolute atomic E-state index is 0.198. The maximum Gasteiger partial charge on any atom is 0.268 e. The summed E-state index contributed by atoms with van der Waals surface area (Å²) in [6.07, 6.45) is -0.658. The van der Waals surface area contributed by atoms with Crippen molar-refractivity contribution < 1.29 is 28.2 Å². The Morgan fingerprint density at radius 3 is 2.61 bits per heavy atom. The molecule has 1 heterocycles. The standard InChI is InChI=1S/C25H23FN2O5/c1-16-25(30)28(14-17-6-8-18(26)9-7-17)22-12-19(10-11-23(22)33-16)27-24(29)15-32-21-5-3-4-20(13-21)31-2/h3-13,16H,14-15H2,1-2H3,(H,27,29). The van der Waals surface area contributed by atoms with Crippen molar-refractivity contribution in [3.8, 4) is 17.2 Å². The molecule has 33 heavy (non-hydrogen) atoms. The van der Waals surface area contributed by atoms with E-state index in [0.717, 1.165) is 5.56 Å². The Hall–Kier alpha value is -4.07. The van der Waals surface area contributed by atoms with Crippen LogP contribution in [0, 0.1) is 5.82 Å². The number of hydrogen-bond acceptors (Lipinski definition) is 5. The number of nitrogens with one attached hydrogen (secondary N) is 1. The van der Waals surface area contributed by atoms with E-state index in [4.69, 9.17) is 14.2 Å². The highest BCUT2D eigenvalue weighted by Crippen LogP contribution is 2.37. The van der Waals surface area contributed by atoms with E-state index in [0.29, 0.717) is 28.6 Å². The van der Waals surface area contributed by atoms with E-state index in [2.05, 4.69) is 5.32 Å². The topological polar surface area (TPSA) is 77.1 Å². The molecule has 0 fully saturated rings. The third-order valence-corrected chi connectivity index (χ3v) is 5.12. The fraction of sp³-hybridized carbons (Fsp3) is 0.200. The van der Waals surface area contributed by atoms with Gasteiger partial charge in [-0.2, -0.15) is 0 Å². The minimum Gasteiger partial charge on any atom is -0.497 e. The van der Waals surface area contributed by atoms with Gasteiger partial charge in [0.25, 0.3) is 11.8 Å². The first-order chi connectivity index (χ1) is 15.9. The number of nitrogens with zero attached hydrogens (tertiary/aromatic N) is 1. The van der Waals surface area contributed by atoms with Crippen LogP contribution < -0.4 is 24.4 Å². The number of benzene rings is 3. The first kappa shape index (κ1) is 22.1. The van der Waals surface area contributed by atoms with E-state index >= 15 is 0 Å². The van der Waals surface area contributed by atoms with E-state index in [-0.39, 0.29) is 30.8 Å². The normalized spacial score (nSPS) is 14.8. The molecule has 7 nitrogen and oxygen atoms in total. The van der Waals surface area contributed by atoms with Crippen molar-refractivity contribution in [2.75, 3.05) is 23.9 Å². The second kappa shape index (κ2) is 9.60. The number of fused-ring (bicyclic) bond motifs is 1. The molecule has 170 valence electrons. The highest BCUT2D eigenvalue weighted by molar-refractivity contribution is 6.01. The summed E-state index contributed by atoms with van der Waals surface area (Å²) in [6, 6.07) is 18.0. The number of methoxy groups -OCH3 is 1. The maximum atomic E-state index is 13.3. The van der Waals surface area contributed by atoms with Gasteiger partial charge in [-0.3, -0.25) is 9.59 Å². The molecule has 1 N–H and O–H groups in total. The van der Waals surface area contributed by atoms with Gasteiger partial charge in [-0.1, -0.05) is 18.2 Å². The van der Waals surface area contributed by atoms with Crippen molar-refractivity contribution in [1.82, 2.24) is 0 Å². The van der Waals surface area contributed by atoms with Crippen LogP contribution in [0.2, 0.25) is 0 Å². The summed E-state index contributed by atoms with van der Waals surface area (Å²) >= 11 is 0. The summed E-state index contributed by atoms with van der Waals surface area (Å²) in [5.41, 5.74) is 1.78. The van der Waals surface area contributed by atoms with E-state index < -0.39 is 6.10 Å². The summed E-state index contributed by atoms with van der Waals surface area (Å²) < 4.78 is 29.7. The van der Waals surface area contributed by atoms with E-state index in [1.807, 2.05) is 0 Å². The van der Waals surface area contributed by atoms with Crippen LogP contribution >= 0.6 is 0 Å². The van der Waals surface area contributed by atoms with Gasteiger partial charge in [-0.15, -0.1) is 0 Å². The molecule has 8 heteroatoms. The molecule has 3 aromatic rings. The minimum atomic E-state index is -0.658. The molecular formula is C25H23FN2O5. The lowest BCUT2D eigenvalue weighted by Gasteiger charge is -2.33. The molecule has 1 atom stereocenters. The number of rotatable bonds is 7. The van der Waals surface area contributed by atoms with Crippen molar-refractivity contribution in [1.29, 1.82) is 0 Å². The molecule has 0 saturated carbocycles. The Morgan fingerprint density at radius 1 is 1.09 bits per heavy atom. The van der Waals surface area contributed by atoms with Gasteiger partial charge in [0.05, 0.1) is 19.3 Å². The smallest absolute Gasteiger partial charge is 0.268 e. The molecule has 0 aliphatic carbocycles. The fourth-order valence-electron chi connectivity index (χ4n) is 3.46. The third-order valence-electron chi connectivity index (χ3n) is 5.12. The molecule has 1 unspecified atom stereocenters. The largest absolute Gasteiger partial charge is 0.497 e. The van der Waals surface area contributed by atoms with Crippen LogP contribution in [0.25, 0.3) is 0 Å². The number of amides is 2. The number of anilines is 2. The van der Waals surface area contributed by atoms with Gasteiger partial charge in [0.2, 0.25) is 0 Å². The summed E-state index contributed by atoms with van der Waals surface area (Å²) in [5.74, 6) is 0.726. The fourth-order valence-corrected chi connectivity index (χ4v) is 3.46. The zero-order valence-corrected chi connectivity index (χ0v) is 18.2. The van der Waals surface area contributed by atoms with E-state index in [1.165, 1.54) is 12.1 Å². The Morgan fingerprint density at radius 2 is 1.85 bits per heavy atom. The van der Waals surface area contributed by atoms with Crippen molar-refractivity contribution >= 4 is 23.2 Å². The van der Waals surface area contributed by atoms with Crippen LogP contribution in [0.5, 0.6) is 17.2 Å². The van der Waals surface area contributed by atoms with Gasteiger partial charge in [0.15, 0.2) is 12.7 Å². The summed E-state index contributed by atoms with van der Waals surface area (Å²) in [5, 5.41) is 2.77. The number of carbonyl (C=O) groups is 2. The van der Waals surface area contributed by atoms with Gasteiger partial charge in [-0.25, -0.2) is 4.39 Å². The molecule has 0 aromatic heterocycles. The molecule has 0 bridgehead atoms. The lowest BCUT2D eigenvalue weighted by atomic mass is 10.1. The van der Waals surface area contributed by atoms with Crippen LogP contribution in [0.1, 0.15) is 12.5 Å². The predicted molar refractivity (Wildman–Crippen MR) is 121 cm³/mol. The lowest BCUT2D eigenvalue weighted by molar-refractivity contribution is -0.125. The maximum absolute atomic E-state index is 13.3. The number of halogens is 1. The average molecular weight is 450 g/mol. The summed E-state index contributed by atoms with van der Waals surface area (Å²) in [4.78, 5) is 26.8. The van der Waals surface area contributed by atoms with Crippen LogP contribution in [-0.4, -0.2) is 31.6 Å². The lowest BCUT2D eigenvalue weighted by Crippen LogP contribution is -2.44. The van der Waals surface area contributed by atoms with E-state index in [1.54, 1.807) is 73.5 Å². The average Bonchev–Trinajstić information content (AvgIpc) is 2.82. The first-order valence-corrected chi connectivity index (χ1v) is 10.4. The number of hydrogen-bond donors (Lipinski definition) is 1. The van der Waals surface area contributed by atoms with E-state index in [9.17, 15) is 14.0 Å². The van der Waals surface area contributed by atoms with Crippen LogP contribution in [0.4, 0.5) is 15.8 Å². The summed E-state index contributed by atoms with van der Waals surface area (Å²) in [6.45, 7) is 1.72. The predicted octanol–water partition coefficient (Wildman–Crippen LogP) is 4.17. The number of carbonyl (C=O) groups excluding carboxylic acids is 2. The monoisotopic (exact) mass is 450 g/mol. The quantitative estimate of drug-likeness (QED) is 0.585. The van der Waals surface area contributed by atoms with Crippen LogP contribution in [-0.2, 0) is 16.1 Å². The first-order valence-electron chi connectivity index (χ1n) is 10.4. The molecular weight excluding hydrogens is 427 g/mol. The van der Waals surface area contributed by atoms with Crippen molar-refractivity contribution in [3.63, 3.8) is 0 Å². The van der Waals surface area contributed by atoms with Crippen LogP contribution in [0.15, 0.2) is 66.7 Å². The Kier molecular flexibility index (Phi) is 6.44. The zero-order valence-electron chi connectivity index (χ0n) is 18.2. The Bertz CT molecular complexity index is 1170. The number of ether oxygens (including phenoxy) is 3. The van der Waals surface area contributed by atoms with Gasteiger partial charge in [0, 0.05) is 11.8 Å². The molecule has 0 spiro atoms. The highest BCUT2D eigenvalue weighted by Gasteiger charge is 2.31. The SMILES string of the molecule is COc1cccc(OCC(=O)Nc2ccc3c(c2)N(Cc2ccc(F)cc2)C(=O)C(C)O3)c1. The molecule has 1 aliphatic heterocycles. The second-order valence-corrected chi connectivity index (χ2v) is 7.51. The molecule has 1 aliphatic rings. The van der Waals surface area contributed by atoms with Crippen LogP contribution in [0.3, 0.4) is 0 Å². The molecule has 3 aromatic carbocycles. The van der Waals surface area contributed by atoms with Crippen molar-refractivity contribution in [3.05, 3.63) is 78.1 Å². The zero-order chi connectivity index (χ0) is 23.4. The second-order valence-electron chi connectivity index (χ2n) is 7.51. The van der Waals surface area contributed by atoms with Gasteiger partial charge in [0.1, 0.15) is 23.1 Å². The van der Waals surface area contributed by atoms with Crippen molar-refractivity contribution in [2.45, 2.75) is 19.6 Å². The molecule has 0 saturated heterocycles. The van der Waals surface area contributed by atoms with Gasteiger partial charge in [-0.05, 0) is 55.0 Å². The Labute approximate surface area is 190 Å². The third kappa shape index (κ3) is 5.23. The van der Waals surface area contributed by atoms with Gasteiger partial charge < -0.3 is 24.4 Å². The van der Waals surface area contributed by atoms with Gasteiger partial charge >= 0.3 is 0 Å². The Balaban J connectivity index is 1.48. The van der Waals surface area contributed by atoms with Crippen molar-refractivity contribution in [2.24, 2.45) is 0 Å². The molecule has 4 rings (SSSR count). The molecule has 0 radical (unpaired) electrons. The highest BCUT2D eigenvalue weighted by atomic mass is 19.1. The summed E-state index contributed by atoms with van der Waals surface area (Å²) in [7, 11) is 1.55. The molecule has 2 amide bonds.